The summed E-state index contributed by atoms with van der Waals surface area (Å²) in [6.45, 7) is 0.0411. The van der Waals surface area contributed by atoms with Crippen molar-refractivity contribution in [3.05, 3.63) is 78.3 Å². The lowest BCUT2D eigenvalue weighted by molar-refractivity contribution is -0.137. The van der Waals surface area contributed by atoms with Gasteiger partial charge in [-0.1, -0.05) is 18.2 Å². The Hall–Kier alpha value is -3.95. The molecule has 3 N–H and O–H groups in total. The second-order valence-corrected chi connectivity index (χ2v) is 6.55. The molecule has 1 aromatic heterocycles. The summed E-state index contributed by atoms with van der Waals surface area (Å²) in [4.78, 5) is 23.9. The Bertz CT molecular complexity index is 1040. The second-order valence-electron chi connectivity index (χ2n) is 6.55. The van der Waals surface area contributed by atoms with Gasteiger partial charge in [-0.2, -0.15) is 13.2 Å². The van der Waals surface area contributed by atoms with Crippen LogP contribution >= 0.6 is 0 Å². The standard InChI is InChI=1S/C22H20F3N3O4/c23-22(24,25)17-13-15(28-21(30)19-7-4-11-32-19)8-9-18(17)27-14-20(29)26-10-12-31-16-5-2-1-3-6-16/h1-9,11,13,27H,10,12,14H2,(H,26,29)(H,28,30). The van der Waals surface area contributed by atoms with Crippen LogP contribution in [0.3, 0.4) is 0 Å². The fourth-order valence-corrected chi connectivity index (χ4v) is 2.73. The maximum atomic E-state index is 13.5. The van der Waals surface area contributed by atoms with Gasteiger partial charge in [0.05, 0.1) is 24.9 Å². The van der Waals surface area contributed by atoms with Crippen LogP contribution in [0.25, 0.3) is 0 Å². The number of amides is 2. The smallest absolute Gasteiger partial charge is 0.418 e. The van der Waals surface area contributed by atoms with E-state index >= 15 is 0 Å². The van der Waals surface area contributed by atoms with E-state index in [4.69, 9.17) is 9.15 Å². The molecule has 0 radical (unpaired) electrons. The van der Waals surface area contributed by atoms with Crippen molar-refractivity contribution in [2.24, 2.45) is 0 Å². The van der Waals surface area contributed by atoms with Crippen molar-refractivity contribution in [2.45, 2.75) is 6.18 Å². The average molecular weight is 447 g/mol. The maximum Gasteiger partial charge on any atom is 0.418 e. The molecule has 168 valence electrons. The van der Waals surface area contributed by atoms with Gasteiger partial charge in [-0.3, -0.25) is 9.59 Å². The zero-order valence-electron chi connectivity index (χ0n) is 16.7. The molecule has 0 bridgehead atoms. The molecule has 0 atom stereocenters. The second kappa shape index (κ2) is 10.4. The number of para-hydroxylation sites is 1. The van der Waals surface area contributed by atoms with E-state index in [9.17, 15) is 22.8 Å². The summed E-state index contributed by atoms with van der Waals surface area (Å²) in [5.41, 5.74) is -1.37. The number of anilines is 2. The fraction of sp³-hybridized carbons (Fsp3) is 0.182. The lowest BCUT2D eigenvalue weighted by Crippen LogP contribution is -2.33. The predicted octanol–water partition coefficient (Wildman–Crippen LogP) is 4.16. The largest absolute Gasteiger partial charge is 0.492 e. The monoisotopic (exact) mass is 447 g/mol. The number of benzene rings is 2. The lowest BCUT2D eigenvalue weighted by Gasteiger charge is -2.16. The van der Waals surface area contributed by atoms with Crippen molar-refractivity contribution in [1.82, 2.24) is 5.32 Å². The van der Waals surface area contributed by atoms with E-state index in [-0.39, 0.29) is 36.8 Å². The first-order valence-electron chi connectivity index (χ1n) is 9.57. The van der Waals surface area contributed by atoms with Crippen LogP contribution in [0.5, 0.6) is 5.75 Å². The lowest BCUT2D eigenvalue weighted by atomic mass is 10.1. The molecule has 2 amide bonds. The molecule has 32 heavy (non-hydrogen) atoms. The number of furan rings is 1. The minimum absolute atomic E-state index is 0.0336. The Labute approximate surface area is 181 Å². The highest BCUT2D eigenvalue weighted by Gasteiger charge is 2.34. The van der Waals surface area contributed by atoms with Gasteiger partial charge in [0.2, 0.25) is 5.91 Å². The van der Waals surface area contributed by atoms with Gasteiger partial charge in [-0.25, -0.2) is 0 Å². The van der Waals surface area contributed by atoms with Crippen LogP contribution in [-0.4, -0.2) is 31.5 Å². The van der Waals surface area contributed by atoms with Crippen molar-refractivity contribution in [1.29, 1.82) is 0 Å². The molecular weight excluding hydrogens is 427 g/mol. The highest BCUT2D eigenvalue weighted by atomic mass is 19.4. The minimum Gasteiger partial charge on any atom is -0.492 e. The van der Waals surface area contributed by atoms with Crippen LogP contribution in [0.1, 0.15) is 16.1 Å². The van der Waals surface area contributed by atoms with Gasteiger partial charge < -0.3 is 25.1 Å². The number of rotatable bonds is 9. The van der Waals surface area contributed by atoms with Crippen LogP contribution < -0.4 is 20.7 Å². The van der Waals surface area contributed by atoms with Crippen LogP contribution in [-0.2, 0) is 11.0 Å². The Kier molecular flexibility index (Phi) is 7.37. The van der Waals surface area contributed by atoms with E-state index in [1.54, 1.807) is 12.1 Å². The first-order chi connectivity index (χ1) is 15.3. The third-order valence-corrected chi connectivity index (χ3v) is 4.20. The highest BCUT2D eigenvalue weighted by molar-refractivity contribution is 6.02. The fourth-order valence-electron chi connectivity index (χ4n) is 2.73. The Morgan fingerprint density at radius 3 is 2.47 bits per heavy atom. The molecule has 0 spiro atoms. The molecule has 0 aliphatic heterocycles. The Morgan fingerprint density at radius 1 is 1.00 bits per heavy atom. The molecule has 2 aromatic carbocycles. The first kappa shape index (κ1) is 22.7. The topological polar surface area (TPSA) is 92.6 Å². The maximum absolute atomic E-state index is 13.5. The van der Waals surface area contributed by atoms with Gasteiger partial charge in [0.15, 0.2) is 5.76 Å². The van der Waals surface area contributed by atoms with Gasteiger partial charge in [0, 0.05) is 11.4 Å². The van der Waals surface area contributed by atoms with Crippen LogP contribution in [0.15, 0.2) is 71.3 Å². The number of carbonyl (C=O) groups excluding carboxylic acids is 2. The number of nitrogens with one attached hydrogen (secondary N) is 3. The van der Waals surface area contributed by atoms with E-state index in [1.807, 2.05) is 18.2 Å². The van der Waals surface area contributed by atoms with E-state index < -0.39 is 23.6 Å². The van der Waals surface area contributed by atoms with Crippen LogP contribution in [0, 0.1) is 0 Å². The van der Waals surface area contributed by atoms with E-state index in [2.05, 4.69) is 16.0 Å². The zero-order chi connectivity index (χ0) is 23.0. The molecule has 7 nitrogen and oxygen atoms in total. The number of hydrogen-bond donors (Lipinski definition) is 3. The molecule has 10 heteroatoms. The summed E-state index contributed by atoms with van der Waals surface area (Å²) in [6, 6.07) is 15.1. The molecule has 0 saturated heterocycles. The summed E-state index contributed by atoms with van der Waals surface area (Å²) in [5.74, 6) is -0.562. The van der Waals surface area contributed by atoms with E-state index in [0.29, 0.717) is 5.75 Å². The zero-order valence-corrected chi connectivity index (χ0v) is 16.7. The summed E-state index contributed by atoms with van der Waals surface area (Å²) in [6.07, 6.45) is -3.42. The summed E-state index contributed by atoms with van der Waals surface area (Å²) in [5, 5.41) is 7.38. The average Bonchev–Trinajstić information content (AvgIpc) is 3.31. The molecule has 0 unspecified atom stereocenters. The van der Waals surface area contributed by atoms with Gasteiger partial charge >= 0.3 is 6.18 Å². The van der Waals surface area contributed by atoms with E-state index in [1.165, 1.54) is 24.5 Å². The molecule has 1 heterocycles. The number of alkyl halides is 3. The van der Waals surface area contributed by atoms with Gasteiger partial charge in [-0.15, -0.1) is 0 Å². The summed E-state index contributed by atoms with van der Waals surface area (Å²) >= 11 is 0. The SMILES string of the molecule is O=C(CNc1ccc(NC(=O)c2ccco2)cc1C(F)(F)F)NCCOc1ccccc1. The third kappa shape index (κ3) is 6.53. The quantitative estimate of drug-likeness (QED) is 0.429. The molecule has 3 aromatic rings. The third-order valence-electron chi connectivity index (χ3n) is 4.20. The van der Waals surface area contributed by atoms with Gasteiger partial charge in [-0.05, 0) is 42.5 Å². The first-order valence-corrected chi connectivity index (χ1v) is 9.57. The molecular formula is C22H20F3N3O4. The van der Waals surface area contributed by atoms with Crippen molar-refractivity contribution < 1.29 is 31.9 Å². The van der Waals surface area contributed by atoms with E-state index in [0.717, 1.165) is 12.1 Å². The van der Waals surface area contributed by atoms with Crippen molar-refractivity contribution in [3.8, 4) is 5.75 Å². The van der Waals surface area contributed by atoms with Crippen molar-refractivity contribution in [3.63, 3.8) is 0 Å². The Morgan fingerprint density at radius 2 is 1.78 bits per heavy atom. The number of hydrogen-bond acceptors (Lipinski definition) is 5. The minimum atomic E-state index is -4.70. The van der Waals surface area contributed by atoms with Gasteiger partial charge in [0.1, 0.15) is 12.4 Å². The van der Waals surface area contributed by atoms with Gasteiger partial charge in [0.25, 0.3) is 5.91 Å². The molecule has 0 aliphatic rings. The number of halogens is 3. The molecule has 0 aliphatic carbocycles. The predicted molar refractivity (Wildman–Crippen MR) is 112 cm³/mol. The van der Waals surface area contributed by atoms with Crippen LogP contribution in [0.4, 0.5) is 24.5 Å². The molecule has 0 saturated carbocycles. The number of ether oxygens (including phenoxy) is 1. The molecule has 0 fully saturated rings. The van der Waals surface area contributed by atoms with Crippen molar-refractivity contribution >= 4 is 23.2 Å². The normalized spacial score (nSPS) is 11.0. The summed E-state index contributed by atoms with van der Waals surface area (Å²) < 4.78 is 50.8. The summed E-state index contributed by atoms with van der Waals surface area (Å²) in [7, 11) is 0. The van der Waals surface area contributed by atoms with Crippen LogP contribution in [0.2, 0.25) is 0 Å². The molecule has 3 rings (SSSR count). The number of carbonyl (C=O) groups is 2. The van der Waals surface area contributed by atoms with Crippen molar-refractivity contribution in [2.75, 3.05) is 30.3 Å². The highest BCUT2D eigenvalue weighted by Crippen LogP contribution is 2.36. The Balaban J connectivity index is 1.54.